The number of ether oxygens (including phenoxy) is 1. The average Bonchev–Trinajstić information content (AvgIpc) is 2.29. The van der Waals surface area contributed by atoms with Crippen molar-refractivity contribution in [1.82, 2.24) is 15.3 Å². The SMILES string of the molecule is CC/C=C(/CN(C)C(O)OC(C)C)N(CO)NC. The molecule has 6 heteroatoms. The summed E-state index contributed by atoms with van der Waals surface area (Å²) in [4.78, 5) is 1.67. The molecular weight excluding hydrogens is 234 g/mol. The van der Waals surface area contributed by atoms with Crippen molar-refractivity contribution in [3.05, 3.63) is 11.8 Å². The van der Waals surface area contributed by atoms with Crippen LogP contribution in [0.5, 0.6) is 0 Å². The summed E-state index contributed by atoms with van der Waals surface area (Å²) in [6.07, 6.45) is 1.84. The van der Waals surface area contributed by atoms with Crippen LogP contribution in [0, 0.1) is 0 Å². The van der Waals surface area contributed by atoms with Crippen LogP contribution in [-0.2, 0) is 4.74 Å². The van der Waals surface area contributed by atoms with E-state index in [1.165, 1.54) is 0 Å². The van der Waals surface area contributed by atoms with Crippen LogP contribution < -0.4 is 5.43 Å². The van der Waals surface area contributed by atoms with E-state index in [1.54, 1.807) is 24.0 Å². The van der Waals surface area contributed by atoms with Crippen LogP contribution in [0.2, 0.25) is 0 Å². The van der Waals surface area contributed by atoms with E-state index in [4.69, 9.17) is 4.74 Å². The molecule has 0 saturated carbocycles. The van der Waals surface area contributed by atoms with E-state index in [2.05, 4.69) is 5.43 Å². The number of hydrogen-bond acceptors (Lipinski definition) is 6. The zero-order valence-electron chi connectivity index (χ0n) is 12.1. The fourth-order valence-corrected chi connectivity index (χ4v) is 1.48. The molecule has 6 nitrogen and oxygen atoms in total. The lowest BCUT2D eigenvalue weighted by molar-refractivity contribution is -0.202. The number of hydrazine groups is 1. The fourth-order valence-electron chi connectivity index (χ4n) is 1.48. The third-order valence-electron chi connectivity index (χ3n) is 2.38. The summed E-state index contributed by atoms with van der Waals surface area (Å²) < 4.78 is 5.29. The van der Waals surface area contributed by atoms with Gasteiger partial charge in [0.2, 0.25) is 6.41 Å². The number of allylic oxidation sites excluding steroid dienone is 1. The summed E-state index contributed by atoms with van der Waals surface area (Å²) in [7, 11) is 3.50. The smallest absolute Gasteiger partial charge is 0.216 e. The Bertz CT molecular complexity index is 243. The van der Waals surface area contributed by atoms with Crippen LogP contribution in [0.1, 0.15) is 27.2 Å². The number of nitrogens with one attached hydrogen (secondary N) is 1. The Morgan fingerprint density at radius 1 is 1.44 bits per heavy atom. The Morgan fingerprint density at radius 3 is 2.44 bits per heavy atom. The van der Waals surface area contributed by atoms with Crippen molar-refractivity contribution in [3.8, 4) is 0 Å². The number of aliphatic hydroxyl groups excluding tert-OH is 2. The first kappa shape index (κ1) is 17.3. The van der Waals surface area contributed by atoms with Crippen LogP contribution in [-0.4, -0.2) is 60.0 Å². The van der Waals surface area contributed by atoms with E-state index in [0.29, 0.717) is 6.54 Å². The molecule has 3 N–H and O–H groups in total. The van der Waals surface area contributed by atoms with Gasteiger partial charge in [-0.3, -0.25) is 9.91 Å². The molecule has 0 bridgehead atoms. The van der Waals surface area contributed by atoms with Crippen molar-refractivity contribution in [1.29, 1.82) is 0 Å². The van der Waals surface area contributed by atoms with Gasteiger partial charge < -0.3 is 14.9 Å². The molecule has 0 aliphatic carbocycles. The van der Waals surface area contributed by atoms with E-state index in [1.807, 2.05) is 26.8 Å². The highest BCUT2D eigenvalue weighted by atomic mass is 16.6. The second kappa shape index (κ2) is 9.29. The zero-order valence-corrected chi connectivity index (χ0v) is 12.1. The predicted octanol–water partition coefficient (Wildman–Crippen LogP) is 0.299. The van der Waals surface area contributed by atoms with Crippen LogP contribution >= 0.6 is 0 Å². The largest absolute Gasteiger partial charge is 0.375 e. The van der Waals surface area contributed by atoms with Crippen LogP contribution in [0.3, 0.4) is 0 Å². The number of aliphatic hydroxyl groups is 2. The van der Waals surface area contributed by atoms with Crippen LogP contribution in [0.25, 0.3) is 0 Å². The number of nitrogens with zero attached hydrogens (tertiary/aromatic N) is 2. The lowest BCUT2D eigenvalue weighted by Gasteiger charge is -2.30. The zero-order chi connectivity index (χ0) is 14.1. The Balaban J connectivity index is 4.53. The van der Waals surface area contributed by atoms with Gasteiger partial charge in [-0.2, -0.15) is 0 Å². The van der Waals surface area contributed by atoms with Crippen molar-refractivity contribution in [2.75, 3.05) is 27.4 Å². The van der Waals surface area contributed by atoms with E-state index in [0.717, 1.165) is 12.1 Å². The molecule has 0 aromatic carbocycles. The fraction of sp³-hybridized carbons (Fsp3) is 0.833. The van der Waals surface area contributed by atoms with Crippen molar-refractivity contribution in [2.45, 2.75) is 39.7 Å². The average molecular weight is 261 g/mol. The molecule has 0 amide bonds. The normalized spacial score (nSPS) is 14.4. The van der Waals surface area contributed by atoms with Gasteiger partial charge in [-0.05, 0) is 27.3 Å². The van der Waals surface area contributed by atoms with Gasteiger partial charge in [-0.1, -0.05) is 13.0 Å². The molecule has 0 heterocycles. The molecular formula is C12H27N3O3. The Hall–Kier alpha value is -0.660. The Morgan fingerprint density at radius 2 is 2.06 bits per heavy atom. The third kappa shape index (κ3) is 6.32. The molecule has 18 heavy (non-hydrogen) atoms. The van der Waals surface area contributed by atoms with Gasteiger partial charge in [0.1, 0.15) is 6.73 Å². The van der Waals surface area contributed by atoms with Crippen molar-refractivity contribution in [3.63, 3.8) is 0 Å². The van der Waals surface area contributed by atoms with E-state index in [-0.39, 0.29) is 12.8 Å². The summed E-state index contributed by atoms with van der Waals surface area (Å²) in [5.74, 6) is 0. The maximum atomic E-state index is 9.81. The topological polar surface area (TPSA) is 68.2 Å². The molecule has 0 aliphatic heterocycles. The monoisotopic (exact) mass is 261 g/mol. The Kier molecular flexibility index (Phi) is 8.95. The Labute approximate surface area is 110 Å². The van der Waals surface area contributed by atoms with Gasteiger partial charge in [0.05, 0.1) is 6.10 Å². The van der Waals surface area contributed by atoms with Gasteiger partial charge >= 0.3 is 0 Å². The summed E-state index contributed by atoms with van der Waals surface area (Å²) in [5, 5.41) is 20.7. The van der Waals surface area contributed by atoms with Gasteiger partial charge in [0.25, 0.3) is 0 Å². The first-order valence-electron chi connectivity index (χ1n) is 6.24. The third-order valence-corrected chi connectivity index (χ3v) is 2.38. The summed E-state index contributed by atoms with van der Waals surface area (Å²) in [6.45, 7) is 6.10. The number of rotatable bonds is 9. The van der Waals surface area contributed by atoms with Gasteiger partial charge in [-0.25, -0.2) is 5.43 Å². The minimum atomic E-state index is -0.956. The van der Waals surface area contributed by atoms with Gasteiger partial charge in [0, 0.05) is 19.3 Å². The molecule has 1 unspecified atom stereocenters. The van der Waals surface area contributed by atoms with Crippen molar-refractivity contribution >= 4 is 0 Å². The summed E-state index contributed by atoms with van der Waals surface area (Å²) in [6, 6.07) is 0. The highest BCUT2D eigenvalue weighted by Crippen LogP contribution is 2.07. The van der Waals surface area contributed by atoms with Crippen molar-refractivity contribution in [2.24, 2.45) is 0 Å². The second-order valence-corrected chi connectivity index (χ2v) is 4.32. The lowest BCUT2D eigenvalue weighted by Crippen LogP contribution is -2.43. The second-order valence-electron chi connectivity index (χ2n) is 4.32. The molecule has 108 valence electrons. The summed E-state index contributed by atoms with van der Waals surface area (Å²) >= 11 is 0. The van der Waals surface area contributed by atoms with E-state index < -0.39 is 6.41 Å². The maximum absolute atomic E-state index is 9.81. The molecule has 0 rings (SSSR count). The molecule has 0 spiro atoms. The maximum Gasteiger partial charge on any atom is 0.216 e. The quantitative estimate of drug-likeness (QED) is 0.410. The highest BCUT2D eigenvalue weighted by molar-refractivity contribution is 5.01. The van der Waals surface area contributed by atoms with Gasteiger partial charge in [-0.15, -0.1) is 0 Å². The molecule has 0 aromatic heterocycles. The lowest BCUT2D eigenvalue weighted by atomic mass is 10.3. The highest BCUT2D eigenvalue weighted by Gasteiger charge is 2.16. The molecule has 0 radical (unpaired) electrons. The summed E-state index contributed by atoms with van der Waals surface area (Å²) in [5.41, 5.74) is 3.77. The standard InChI is InChI=1S/C12H27N3O3/c1-6-7-11(15(9-16)13-4)8-14(5)12(17)18-10(2)3/h7,10,12-13,16-17H,6,8-9H2,1-5H3/b11-7-. The molecule has 1 atom stereocenters. The molecule has 0 saturated heterocycles. The molecule has 0 aliphatic rings. The molecule has 0 fully saturated rings. The van der Waals surface area contributed by atoms with Gasteiger partial charge in [0.15, 0.2) is 0 Å². The minimum absolute atomic E-state index is 0.0423. The first-order chi connectivity index (χ1) is 8.46. The minimum Gasteiger partial charge on any atom is -0.375 e. The van der Waals surface area contributed by atoms with E-state index in [9.17, 15) is 10.2 Å². The number of likely N-dealkylation sites (N-methyl/N-ethyl adjacent to an activating group) is 1. The van der Waals surface area contributed by atoms with Crippen LogP contribution in [0.4, 0.5) is 0 Å². The predicted molar refractivity (Wildman–Crippen MR) is 71.2 cm³/mol. The first-order valence-corrected chi connectivity index (χ1v) is 6.24. The number of hydrogen-bond donors (Lipinski definition) is 3. The van der Waals surface area contributed by atoms with Crippen LogP contribution in [0.15, 0.2) is 11.8 Å². The van der Waals surface area contributed by atoms with Crippen molar-refractivity contribution < 1.29 is 14.9 Å². The molecule has 0 aromatic rings. The van der Waals surface area contributed by atoms with E-state index >= 15 is 0 Å².